The average molecular weight is 292 g/mol. The third kappa shape index (κ3) is 3.12. The maximum absolute atomic E-state index is 10.8. The molecule has 2 heteroatoms. The molecule has 2 saturated carbocycles. The monoisotopic (exact) mass is 292 g/mol. The Morgan fingerprint density at radius 3 is 2.67 bits per heavy atom. The van der Waals surface area contributed by atoms with Crippen LogP contribution in [0.2, 0.25) is 0 Å². The van der Waals surface area contributed by atoms with Crippen LogP contribution in [0.5, 0.6) is 0 Å². The van der Waals surface area contributed by atoms with Gasteiger partial charge in [-0.3, -0.25) is 0 Å². The van der Waals surface area contributed by atoms with Crippen LogP contribution >= 0.6 is 0 Å². The molecular weight excluding hydrogens is 260 g/mol. The summed E-state index contributed by atoms with van der Waals surface area (Å²) in [5.74, 6) is 0.748. The van der Waals surface area contributed by atoms with Crippen LogP contribution in [0.15, 0.2) is 24.8 Å². The van der Waals surface area contributed by atoms with Crippen LogP contribution < -0.4 is 0 Å². The Morgan fingerprint density at radius 1 is 1.38 bits per heavy atom. The van der Waals surface area contributed by atoms with E-state index < -0.39 is 11.2 Å². The van der Waals surface area contributed by atoms with Gasteiger partial charge in [0.15, 0.2) is 0 Å². The summed E-state index contributed by atoms with van der Waals surface area (Å²) >= 11 is 0. The molecule has 0 aromatic rings. The van der Waals surface area contributed by atoms with Crippen molar-refractivity contribution in [3.8, 4) is 0 Å². The molecule has 5 atom stereocenters. The normalized spacial score (nSPS) is 43.0. The summed E-state index contributed by atoms with van der Waals surface area (Å²) in [5.41, 5.74) is 0.0773. The minimum absolute atomic E-state index is 0.119. The number of hydrogen-bond acceptors (Lipinski definition) is 2. The number of fused-ring (bicyclic) bond motifs is 1. The molecular formula is C19H32O2. The van der Waals surface area contributed by atoms with Crippen LogP contribution in [0.4, 0.5) is 0 Å². The van der Waals surface area contributed by atoms with Gasteiger partial charge >= 0.3 is 0 Å². The second-order valence-corrected chi connectivity index (χ2v) is 8.12. The van der Waals surface area contributed by atoms with E-state index in [0.29, 0.717) is 18.3 Å². The lowest BCUT2D eigenvalue weighted by molar-refractivity contribution is -0.127. The molecule has 0 bridgehead atoms. The van der Waals surface area contributed by atoms with Gasteiger partial charge in [0.25, 0.3) is 0 Å². The van der Waals surface area contributed by atoms with Crippen molar-refractivity contribution in [3.63, 3.8) is 0 Å². The largest absolute Gasteiger partial charge is 0.390 e. The summed E-state index contributed by atoms with van der Waals surface area (Å²) in [6.07, 6.45) is 8.50. The first-order valence-corrected chi connectivity index (χ1v) is 8.38. The molecule has 0 aromatic carbocycles. The minimum Gasteiger partial charge on any atom is -0.390 e. The van der Waals surface area contributed by atoms with Crippen LogP contribution in [0.3, 0.4) is 0 Å². The Hall–Kier alpha value is -0.600. The van der Waals surface area contributed by atoms with Crippen molar-refractivity contribution in [2.75, 3.05) is 0 Å². The summed E-state index contributed by atoms with van der Waals surface area (Å²) in [5, 5.41) is 21.0. The molecule has 0 radical (unpaired) electrons. The quantitative estimate of drug-likeness (QED) is 0.761. The maximum Gasteiger partial charge on any atom is 0.0797 e. The Balaban J connectivity index is 2.21. The highest BCUT2D eigenvalue weighted by Crippen LogP contribution is 2.59. The SMILES string of the molecule is C=C[C@](C)(O)CC[C@H]1C(=C)CC[C@H]2[C@]1(C)CCC[C@@]2(C)O. The van der Waals surface area contributed by atoms with Gasteiger partial charge in [-0.2, -0.15) is 0 Å². The smallest absolute Gasteiger partial charge is 0.0797 e. The predicted octanol–water partition coefficient (Wildman–Crippen LogP) is 4.23. The highest BCUT2D eigenvalue weighted by molar-refractivity contribution is 5.17. The minimum atomic E-state index is -0.805. The summed E-state index contributed by atoms with van der Waals surface area (Å²) in [6.45, 7) is 14.2. The third-order valence-corrected chi connectivity index (χ3v) is 6.37. The van der Waals surface area contributed by atoms with Gasteiger partial charge in [-0.1, -0.05) is 31.6 Å². The van der Waals surface area contributed by atoms with Gasteiger partial charge in [0.2, 0.25) is 0 Å². The molecule has 2 aliphatic rings. The standard InChI is InChI=1S/C19H32O2/c1-6-17(3,20)13-10-15-14(2)8-9-16-18(15,4)11-7-12-19(16,5)21/h6,15-16,20-21H,1-2,7-13H2,3-5H3/t15-,16-,17-,18+,19+/m0/s1. The number of hydrogen-bond donors (Lipinski definition) is 2. The number of rotatable bonds is 4. The summed E-state index contributed by atoms with van der Waals surface area (Å²) in [6, 6.07) is 0. The van der Waals surface area contributed by atoms with Crippen molar-refractivity contribution >= 4 is 0 Å². The van der Waals surface area contributed by atoms with Crippen molar-refractivity contribution in [1.29, 1.82) is 0 Å². The van der Waals surface area contributed by atoms with Gasteiger partial charge in [-0.25, -0.2) is 0 Å². The highest BCUT2D eigenvalue weighted by Gasteiger charge is 2.53. The van der Waals surface area contributed by atoms with Crippen molar-refractivity contribution in [3.05, 3.63) is 24.8 Å². The molecule has 0 amide bonds. The van der Waals surface area contributed by atoms with Gasteiger partial charge in [0.05, 0.1) is 11.2 Å². The van der Waals surface area contributed by atoms with Crippen LogP contribution in [-0.2, 0) is 0 Å². The zero-order valence-electron chi connectivity index (χ0n) is 14.0. The van der Waals surface area contributed by atoms with E-state index in [2.05, 4.69) is 20.1 Å². The van der Waals surface area contributed by atoms with Gasteiger partial charge in [-0.15, -0.1) is 6.58 Å². The molecule has 0 unspecified atom stereocenters. The highest BCUT2D eigenvalue weighted by atomic mass is 16.3. The van der Waals surface area contributed by atoms with E-state index in [4.69, 9.17) is 0 Å². The molecule has 2 nitrogen and oxygen atoms in total. The van der Waals surface area contributed by atoms with E-state index in [1.807, 2.05) is 13.8 Å². The fourth-order valence-electron chi connectivity index (χ4n) is 4.99. The molecule has 0 spiro atoms. The van der Waals surface area contributed by atoms with Gasteiger partial charge in [0, 0.05) is 0 Å². The van der Waals surface area contributed by atoms with Crippen LogP contribution in [-0.4, -0.2) is 21.4 Å². The van der Waals surface area contributed by atoms with Crippen LogP contribution in [0, 0.1) is 17.3 Å². The van der Waals surface area contributed by atoms with Crippen LogP contribution in [0.1, 0.15) is 65.7 Å². The van der Waals surface area contributed by atoms with Crippen molar-refractivity contribution in [2.45, 2.75) is 76.9 Å². The third-order valence-electron chi connectivity index (χ3n) is 6.37. The first kappa shape index (κ1) is 16.8. The van der Waals surface area contributed by atoms with E-state index in [9.17, 15) is 10.2 Å². The Kier molecular flexibility index (Phi) is 4.43. The van der Waals surface area contributed by atoms with Gasteiger partial charge in [-0.05, 0) is 69.6 Å². The molecule has 0 aromatic heterocycles. The second kappa shape index (κ2) is 5.55. The fourth-order valence-corrected chi connectivity index (χ4v) is 4.99. The average Bonchev–Trinajstić information content (AvgIpc) is 2.36. The molecule has 0 aliphatic heterocycles. The van der Waals surface area contributed by atoms with E-state index in [1.165, 1.54) is 5.57 Å². The Bertz CT molecular complexity index is 421. The van der Waals surface area contributed by atoms with Crippen molar-refractivity contribution in [2.24, 2.45) is 17.3 Å². The molecule has 0 heterocycles. The van der Waals surface area contributed by atoms with E-state index >= 15 is 0 Å². The van der Waals surface area contributed by atoms with Crippen molar-refractivity contribution < 1.29 is 10.2 Å². The molecule has 21 heavy (non-hydrogen) atoms. The molecule has 2 N–H and O–H groups in total. The molecule has 0 saturated heterocycles. The number of aliphatic hydroxyl groups is 2. The first-order valence-electron chi connectivity index (χ1n) is 8.38. The van der Waals surface area contributed by atoms with Crippen molar-refractivity contribution in [1.82, 2.24) is 0 Å². The first-order chi connectivity index (χ1) is 9.62. The molecule has 2 aliphatic carbocycles. The van der Waals surface area contributed by atoms with Crippen LogP contribution in [0.25, 0.3) is 0 Å². The molecule has 2 fully saturated rings. The summed E-state index contributed by atoms with van der Waals surface area (Å²) in [4.78, 5) is 0. The predicted molar refractivity (Wildman–Crippen MR) is 88.0 cm³/mol. The Morgan fingerprint density at radius 2 is 2.05 bits per heavy atom. The van der Waals surface area contributed by atoms with Gasteiger partial charge in [0.1, 0.15) is 0 Å². The lowest BCUT2D eigenvalue weighted by atomic mass is 9.49. The van der Waals surface area contributed by atoms with E-state index in [0.717, 1.165) is 38.5 Å². The zero-order valence-corrected chi connectivity index (χ0v) is 14.0. The van der Waals surface area contributed by atoms with E-state index in [1.54, 1.807) is 6.08 Å². The number of allylic oxidation sites excluding steroid dienone is 1. The summed E-state index contributed by atoms with van der Waals surface area (Å²) in [7, 11) is 0. The Labute approximate surface area is 130 Å². The lowest BCUT2D eigenvalue weighted by Crippen LogP contribution is -2.54. The topological polar surface area (TPSA) is 40.5 Å². The van der Waals surface area contributed by atoms with Gasteiger partial charge < -0.3 is 10.2 Å². The molecule has 2 rings (SSSR count). The summed E-state index contributed by atoms with van der Waals surface area (Å²) < 4.78 is 0. The maximum atomic E-state index is 10.8. The second-order valence-electron chi connectivity index (χ2n) is 8.12. The van der Waals surface area contributed by atoms with E-state index in [-0.39, 0.29) is 5.41 Å². The lowest BCUT2D eigenvalue weighted by Gasteiger charge is -2.57. The molecule has 120 valence electrons. The zero-order chi connectivity index (χ0) is 15.9. The fraction of sp³-hybridized carbons (Fsp3) is 0.789.